The molecule has 0 saturated heterocycles. The second kappa shape index (κ2) is 6.10. The van der Waals surface area contributed by atoms with Crippen molar-refractivity contribution in [3.8, 4) is 0 Å². The second-order valence-corrected chi connectivity index (χ2v) is 5.09. The zero-order valence-corrected chi connectivity index (χ0v) is 10.9. The lowest BCUT2D eigenvalue weighted by molar-refractivity contribution is -0.121. The van der Waals surface area contributed by atoms with Crippen LogP contribution < -0.4 is 0 Å². The highest BCUT2D eigenvalue weighted by molar-refractivity contribution is 5.79. The molecule has 1 aromatic rings. The summed E-state index contributed by atoms with van der Waals surface area (Å²) in [4.78, 5) is 13.4. The van der Waals surface area contributed by atoms with E-state index in [4.69, 9.17) is 0 Å². The Bertz CT molecular complexity index is 409. The average Bonchev–Trinajstić information content (AvgIpc) is 2.38. The van der Waals surface area contributed by atoms with Gasteiger partial charge in [0.05, 0.1) is 0 Å². The molecule has 0 heterocycles. The maximum atomic E-state index is 13.5. The predicted molar refractivity (Wildman–Crippen MR) is 70.0 cm³/mol. The van der Waals surface area contributed by atoms with E-state index in [9.17, 15) is 9.18 Å². The van der Waals surface area contributed by atoms with Gasteiger partial charge in [-0.15, -0.1) is 0 Å². The number of rotatable bonds is 4. The first-order valence-corrected chi connectivity index (χ1v) is 6.62. The lowest BCUT2D eigenvalue weighted by Gasteiger charge is -2.30. The van der Waals surface area contributed by atoms with E-state index in [0.717, 1.165) is 31.4 Å². The van der Waals surface area contributed by atoms with E-state index in [2.05, 4.69) is 11.9 Å². The molecule has 0 atom stereocenters. The van der Waals surface area contributed by atoms with Gasteiger partial charge in [0.25, 0.3) is 0 Å². The molecule has 0 unspecified atom stereocenters. The zero-order chi connectivity index (χ0) is 13.0. The van der Waals surface area contributed by atoms with Crippen molar-refractivity contribution in [2.75, 3.05) is 13.6 Å². The number of likely N-dealkylation sites (N-methyl/N-ethyl adjacent to an activating group) is 1. The van der Waals surface area contributed by atoms with Crippen LogP contribution in [0.3, 0.4) is 0 Å². The first-order chi connectivity index (χ1) is 8.66. The molecule has 1 saturated carbocycles. The van der Waals surface area contributed by atoms with E-state index in [1.807, 2.05) is 12.1 Å². The van der Waals surface area contributed by atoms with E-state index in [1.54, 1.807) is 6.07 Å². The third-order valence-electron chi connectivity index (χ3n) is 3.83. The van der Waals surface area contributed by atoms with E-state index >= 15 is 0 Å². The summed E-state index contributed by atoms with van der Waals surface area (Å²) in [5.41, 5.74) is 0.774. The van der Waals surface area contributed by atoms with Gasteiger partial charge in [0.15, 0.2) is 0 Å². The number of benzene rings is 1. The minimum atomic E-state index is -0.121. The summed E-state index contributed by atoms with van der Waals surface area (Å²) in [6.45, 7) is 0.847. The van der Waals surface area contributed by atoms with Crippen molar-refractivity contribution in [2.24, 2.45) is 0 Å². The molecule has 0 aliphatic heterocycles. The van der Waals surface area contributed by atoms with E-state index < -0.39 is 0 Å². The zero-order valence-electron chi connectivity index (χ0n) is 10.9. The van der Waals surface area contributed by atoms with Gasteiger partial charge in [0.2, 0.25) is 0 Å². The predicted octanol–water partition coefficient (Wildman–Crippen LogP) is 2.81. The number of carbonyl (C=O) groups excluding carboxylic acids is 1. The number of hydrogen-bond acceptors (Lipinski definition) is 2. The molecule has 2 rings (SSSR count). The minimum Gasteiger partial charge on any atom is -0.303 e. The molecular weight excluding hydrogens is 229 g/mol. The Morgan fingerprint density at radius 3 is 2.61 bits per heavy atom. The van der Waals surface area contributed by atoms with Crippen LogP contribution in [0.15, 0.2) is 24.3 Å². The molecule has 0 amide bonds. The highest BCUT2D eigenvalue weighted by atomic mass is 19.1. The largest absolute Gasteiger partial charge is 0.303 e. The van der Waals surface area contributed by atoms with Gasteiger partial charge in [-0.25, -0.2) is 4.39 Å². The van der Waals surface area contributed by atoms with Crippen molar-refractivity contribution in [3.05, 3.63) is 35.6 Å². The van der Waals surface area contributed by atoms with Gasteiger partial charge >= 0.3 is 0 Å². The van der Waals surface area contributed by atoms with Crippen molar-refractivity contribution in [3.63, 3.8) is 0 Å². The van der Waals surface area contributed by atoms with Gasteiger partial charge < -0.3 is 4.90 Å². The van der Waals surface area contributed by atoms with Crippen LogP contribution in [0.25, 0.3) is 0 Å². The van der Waals surface area contributed by atoms with Crippen LogP contribution in [0.5, 0.6) is 0 Å². The average molecular weight is 249 g/mol. The van der Waals surface area contributed by atoms with E-state index in [0.29, 0.717) is 24.7 Å². The van der Waals surface area contributed by atoms with Crippen molar-refractivity contribution in [1.29, 1.82) is 0 Å². The maximum absolute atomic E-state index is 13.5. The summed E-state index contributed by atoms with van der Waals surface area (Å²) in [6.07, 6.45) is 4.04. The Labute approximate surface area is 108 Å². The van der Waals surface area contributed by atoms with Gasteiger partial charge in [-0.05, 0) is 37.9 Å². The van der Waals surface area contributed by atoms with Crippen molar-refractivity contribution in [1.82, 2.24) is 4.90 Å². The molecule has 3 heteroatoms. The molecule has 98 valence electrons. The van der Waals surface area contributed by atoms with Crippen molar-refractivity contribution in [2.45, 2.75) is 38.1 Å². The number of ketones is 1. The number of hydrogen-bond donors (Lipinski definition) is 0. The maximum Gasteiger partial charge on any atom is 0.133 e. The minimum absolute atomic E-state index is 0.121. The number of halogens is 1. The molecule has 0 bridgehead atoms. The second-order valence-electron chi connectivity index (χ2n) is 5.09. The molecule has 1 aliphatic rings. The van der Waals surface area contributed by atoms with E-state index in [-0.39, 0.29) is 5.82 Å². The molecular formula is C15H20FNO. The SMILES string of the molecule is CN(CCc1ccccc1F)C1CCC(=O)CC1. The lowest BCUT2D eigenvalue weighted by atomic mass is 9.93. The Morgan fingerprint density at radius 1 is 1.28 bits per heavy atom. The van der Waals surface area contributed by atoms with Crippen LogP contribution in [-0.2, 0) is 11.2 Å². The molecule has 0 N–H and O–H groups in total. The summed E-state index contributed by atoms with van der Waals surface area (Å²) in [7, 11) is 2.07. The van der Waals surface area contributed by atoms with Crippen LogP contribution in [0.2, 0.25) is 0 Å². The normalized spacial score (nSPS) is 17.4. The highest BCUT2D eigenvalue weighted by Gasteiger charge is 2.21. The smallest absolute Gasteiger partial charge is 0.133 e. The van der Waals surface area contributed by atoms with Crippen LogP contribution in [-0.4, -0.2) is 30.3 Å². The first kappa shape index (κ1) is 13.2. The third-order valence-corrected chi connectivity index (χ3v) is 3.83. The summed E-state index contributed by atoms with van der Waals surface area (Å²) in [5.74, 6) is 0.262. The van der Waals surface area contributed by atoms with Crippen LogP contribution >= 0.6 is 0 Å². The van der Waals surface area contributed by atoms with Gasteiger partial charge in [0, 0.05) is 25.4 Å². The topological polar surface area (TPSA) is 20.3 Å². The van der Waals surface area contributed by atoms with E-state index in [1.165, 1.54) is 6.07 Å². The van der Waals surface area contributed by atoms with Crippen molar-refractivity contribution >= 4 is 5.78 Å². The quantitative estimate of drug-likeness (QED) is 0.818. The fourth-order valence-corrected chi connectivity index (χ4v) is 2.55. The van der Waals surface area contributed by atoms with Gasteiger partial charge in [-0.2, -0.15) is 0 Å². The summed E-state index contributed by atoms with van der Waals surface area (Å²) >= 11 is 0. The Morgan fingerprint density at radius 2 is 1.94 bits per heavy atom. The monoisotopic (exact) mass is 249 g/mol. The van der Waals surface area contributed by atoms with Gasteiger partial charge in [-0.1, -0.05) is 18.2 Å². The molecule has 0 aromatic heterocycles. The van der Waals surface area contributed by atoms with Crippen LogP contribution in [0.4, 0.5) is 4.39 Å². The number of nitrogens with zero attached hydrogens (tertiary/aromatic N) is 1. The number of carbonyl (C=O) groups is 1. The molecule has 1 fully saturated rings. The summed E-state index contributed by atoms with van der Waals surface area (Å²) in [5, 5.41) is 0. The van der Waals surface area contributed by atoms with Gasteiger partial charge in [-0.3, -0.25) is 4.79 Å². The summed E-state index contributed by atoms with van der Waals surface area (Å²) < 4.78 is 13.5. The molecule has 1 aromatic carbocycles. The van der Waals surface area contributed by atoms with Crippen molar-refractivity contribution < 1.29 is 9.18 Å². The molecule has 0 radical (unpaired) electrons. The first-order valence-electron chi connectivity index (χ1n) is 6.62. The van der Waals surface area contributed by atoms with Gasteiger partial charge in [0.1, 0.15) is 11.6 Å². The molecule has 0 spiro atoms. The molecule has 2 nitrogen and oxygen atoms in total. The molecule has 1 aliphatic carbocycles. The fraction of sp³-hybridized carbons (Fsp3) is 0.533. The summed E-state index contributed by atoms with van der Waals surface area (Å²) in [6, 6.07) is 7.42. The highest BCUT2D eigenvalue weighted by Crippen LogP contribution is 2.19. The third kappa shape index (κ3) is 3.39. The van der Waals surface area contributed by atoms with Crippen LogP contribution in [0, 0.1) is 5.82 Å². The lowest BCUT2D eigenvalue weighted by Crippen LogP contribution is -2.36. The Hall–Kier alpha value is -1.22. The molecule has 18 heavy (non-hydrogen) atoms. The standard InChI is InChI=1S/C15H20FNO/c1-17(13-6-8-14(18)9-7-13)11-10-12-4-2-3-5-15(12)16/h2-5,13H,6-11H2,1H3. The Kier molecular flexibility index (Phi) is 4.48. The number of Topliss-reactive ketones (excluding diaryl/α,β-unsaturated/α-hetero) is 1. The Balaban J connectivity index is 1.83. The van der Waals surface area contributed by atoms with Crippen LogP contribution in [0.1, 0.15) is 31.2 Å². The fourth-order valence-electron chi connectivity index (χ4n) is 2.55.